The van der Waals surface area contributed by atoms with Crippen LogP contribution in [0.1, 0.15) is 44.4 Å². The third kappa shape index (κ3) is 5.13. The largest absolute Gasteiger partial charge is 0.508 e. The van der Waals surface area contributed by atoms with E-state index in [9.17, 15) is 14.7 Å². The zero-order valence-electron chi connectivity index (χ0n) is 20.8. The van der Waals surface area contributed by atoms with Crippen LogP contribution in [-0.2, 0) is 18.3 Å². The first kappa shape index (κ1) is 24.0. The second-order valence-electron chi connectivity index (χ2n) is 9.26. The molecular weight excluding hydrogens is 466 g/mol. The molecule has 5 rings (SSSR count). The van der Waals surface area contributed by atoms with Crippen molar-refractivity contribution in [3.05, 3.63) is 100 Å². The molecule has 3 N–H and O–H groups in total. The van der Waals surface area contributed by atoms with Crippen LogP contribution >= 0.6 is 0 Å². The molecule has 8 nitrogen and oxygen atoms in total. The molecule has 2 amide bonds. The molecule has 37 heavy (non-hydrogen) atoms. The van der Waals surface area contributed by atoms with Gasteiger partial charge < -0.3 is 15.7 Å². The number of amides is 2. The summed E-state index contributed by atoms with van der Waals surface area (Å²) in [6.45, 7) is 3.67. The van der Waals surface area contributed by atoms with Crippen LogP contribution in [0, 0.1) is 13.8 Å². The Hall–Kier alpha value is -4.72. The molecular formula is C29H27N5O3. The molecule has 0 radical (unpaired) electrons. The summed E-state index contributed by atoms with van der Waals surface area (Å²) in [4.78, 5) is 29.6. The smallest absolute Gasteiger partial charge is 0.273 e. The molecule has 0 bridgehead atoms. The maximum atomic E-state index is 12.6. The number of aryl methyl sites for hydroxylation is 3. The Bertz CT molecular complexity index is 1540. The Morgan fingerprint density at radius 3 is 2.54 bits per heavy atom. The van der Waals surface area contributed by atoms with E-state index in [1.807, 2.05) is 56.3 Å². The molecule has 1 aliphatic rings. The van der Waals surface area contributed by atoms with Crippen LogP contribution in [0.2, 0.25) is 0 Å². The molecule has 1 atom stereocenters. The number of rotatable bonds is 6. The maximum absolute atomic E-state index is 12.6. The SMILES string of the molecule is Cc1cc(C(=O)Nc2ccc(Cc3ccc4c(c3)C(C=Nc3ccc(C)c(O)c3)C(=O)N4)cc2)n(C)n1. The van der Waals surface area contributed by atoms with Crippen LogP contribution in [0.15, 0.2) is 71.7 Å². The minimum Gasteiger partial charge on any atom is -0.508 e. The van der Waals surface area contributed by atoms with E-state index in [4.69, 9.17) is 0 Å². The summed E-state index contributed by atoms with van der Waals surface area (Å²) in [7, 11) is 1.74. The third-order valence-electron chi connectivity index (χ3n) is 6.41. The lowest BCUT2D eigenvalue weighted by molar-refractivity contribution is -0.115. The number of anilines is 2. The van der Waals surface area contributed by atoms with Crippen LogP contribution in [0.4, 0.5) is 17.1 Å². The standard InChI is InChI=1S/C29H27N5O3/c1-17-4-8-22(15-27(17)35)30-16-24-23-14-20(7-11-25(23)32-28(24)36)13-19-5-9-21(10-6-19)31-29(37)26-12-18(2)33-34(26)3/h4-12,14-16,24,35H,13H2,1-3H3,(H,31,37)(H,32,36). The first-order chi connectivity index (χ1) is 17.8. The Labute approximate surface area is 214 Å². The minimum atomic E-state index is -0.508. The number of hydrogen-bond donors (Lipinski definition) is 3. The van der Waals surface area contributed by atoms with E-state index >= 15 is 0 Å². The molecule has 3 aromatic carbocycles. The third-order valence-corrected chi connectivity index (χ3v) is 6.41. The monoisotopic (exact) mass is 493 g/mol. The zero-order valence-corrected chi connectivity index (χ0v) is 20.8. The highest BCUT2D eigenvalue weighted by molar-refractivity contribution is 6.12. The highest BCUT2D eigenvalue weighted by atomic mass is 16.3. The number of phenolic OH excluding ortho intramolecular Hbond substituents is 1. The first-order valence-corrected chi connectivity index (χ1v) is 12.0. The Morgan fingerprint density at radius 2 is 1.84 bits per heavy atom. The number of hydrogen-bond acceptors (Lipinski definition) is 5. The van der Waals surface area contributed by atoms with E-state index in [0.717, 1.165) is 33.6 Å². The van der Waals surface area contributed by atoms with Gasteiger partial charge in [-0.1, -0.05) is 30.3 Å². The van der Waals surface area contributed by atoms with Crippen LogP contribution < -0.4 is 10.6 Å². The molecule has 1 unspecified atom stereocenters. The molecule has 2 heterocycles. The Kier molecular flexibility index (Phi) is 6.31. The molecule has 186 valence electrons. The summed E-state index contributed by atoms with van der Waals surface area (Å²) in [6.07, 6.45) is 2.29. The quantitative estimate of drug-likeness (QED) is 0.328. The van der Waals surface area contributed by atoms with Gasteiger partial charge in [-0.05, 0) is 72.9 Å². The molecule has 0 saturated heterocycles. The van der Waals surface area contributed by atoms with Gasteiger partial charge in [0.15, 0.2) is 0 Å². The molecule has 4 aromatic rings. The molecule has 0 spiro atoms. The van der Waals surface area contributed by atoms with Crippen molar-refractivity contribution in [3.63, 3.8) is 0 Å². The summed E-state index contributed by atoms with van der Waals surface area (Å²) in [6, 6.07) is 20.6. The molecule has 1 aliphatic heterocycles. The Balaban J connectivity index is 1.29. The van der Waals surface area contributed by atoms with Gasteiger partial charge in [-0.3, -0.25) is 19.3 Å². The number of aromatic nitrogens is 2. The lowest BCUT2D eigenvalue weighted by Gasteiger charge is -2.09. The van der Waals surface area contributed by atoms with Crippen molar-refractivity contribution in [1.29, 1.82) is 0 Å². The van der Waals surface area contributed by atoms with Crippen molar-refractivity contribution >= 4 is 35.1 Å². The summed E-state index contributed by atoms with van der Waals surface area (Å²) in [5, 5.41) is 20.0. The normalized spacial score (nSPS) is 14.6. The van der Waals surface area contributed by atoms with Crippen molar-refractivity contribution in [1.82, 2.24) is 9.78 Å². The van der Waals surface area contributed by atoms with Crippen LogP contribution in [-0.4, -0.2) is 32.9 Å². The lowest BCUT2D eigenvalue weighted by atomic mass is 9.96. The molecule has 1 aromatic heterocycles. The van der Waals surface area contributed by atoms with Gasteiger partial charge in [0.2, 0.25) is 5.91 Å². The van der Waals surface area contributed by atoms with Crippen LogP contribution in [0.3, 0.4) is 0 Å². The van der Waals surface area contributed by atoms with Gasteiger partial charge in [-0.25, -0.2) is 0 Å². The number of nitrogens with one attached hydrogen (secondary N) is 2. The number of benzene rings is 3. The van der Waals surface area contributed by atoms with Crippen LogP contribution in [0.5, 0.6) is 5.75 Å². The number of fused-ring (bicyclic) bond motifs is 1. The lowest BCUT2D eigenvalue weighted by Crippen LogP contribution is -2.16. The van der Waals surface area contributed by atoms with Crippen LogP contribution in [0.25, 0.3) is 0 Å². The maximum Gasteiger partial charge on any atom is 0.273 e. The Morgan fingerprint density at radius 1 is 1.08 bits per heavy atom. The second kappa shape index (κ2) is 9.73. The molecule has 0 aliphatic carbocycles. The summed E-state index contributed by atoms with van der Waals surface area (Å²) >= 11 is 0. The average Bonchev–Trinajstić information content (AvgIpc) is 3.37. The second-order valence-corrected chi connectivity index (χ2v) is 9.26. The van der Waals surface area contributed by atoms with E-state index in [1.165, 1.54) is 0 Å². The number of phenols is 1. The zero-order chi connectivity index (χ0) is 26.1. The number of carbonyl (C=O) groups excluding carboxylic acids is 2. The predicted octanol–water partition coefficient (Wildman–Crippen LogP) is 5.02. The summed E-state index contributed by atoms with van der Waals surface area (Å²) in [5.41, 5.74) is 7.14. The minimum absolute atomic E-state index is 0.129. The van der Waals surface area contributed by atoms with Gasteiger partial charge in [-0.15, -0.1) is 0 Å². The van der Waals surface area contributed by atoms with Crippen molar-refractivity contribution in [2.45, 2.75) is 26.2 Å². The van der Waals surface area contributed by atoms with E-state index in [0.29, 0.717) is 23.5 Å². The molecule has 8 heteroatoms. The van der Waals surface area contributed by atoms with E-state index in [2.05, 4.69) is 20.7 Å². The number of nitrogens with zero attached hydrogens (tertiary/aromatic N) is 3. The molecule has 0 saturated carbocycles. The van der Waals surface area contributed by atoms with Gasteiger partial charge in [0, 0.05) is 30.7 Å². The number of aliphatic imine (C=N–C) groups is 1. The summed E-state index contributed by atoms with van der Waals surface area (Å²) < 4.78 is 1.56. The van der Waals surface area contributed by atoms with Crippen molar-refractivity contribution in [2.24, 2.45) is 12.0 Å². The van der Waals surface area contributed by atoms with E-state index < -0.39 is 5.92 Å². The van der Waals surface area contributed by atoms with Gasteiger partial charge >= 0.3 is 0 Å². The van der Waals surface area contributed by atoms with Crippen molar-refractivity contribution in [3.8, 4) is 5.75 Å². The number of carbonyl (C=O) groups is 2. The fraction of sp³-hybridized carbons (Fsp3) is 0.172. The van der Waals surface area contributed by atoms with E-state index in [-0.39, 0.29) is 17.6 Å². The molecule has 0 fully saturated rings. The van der Waals surface area contributed by atoms with Gasteiger partial charge in [-0.2, -0.15) is 5.10 Å². The summed E-state index contributed by atoms with van der Waals surface area (Å²) in [5.74, 6) is -0.673. The fourth-order valence-electron chi connectivity index (χ4n) is 4.39. The van der Waals surface area contributed by atoms with E-state index in [1.54, 1.807) is 42.2 Å². The first-order valence-electron chi connectivity index (χ1n) is 12.0. The topological polar surface area (TPSA) is 109 Å². The van der Waals surface area contributed by atoms with Crippen molar-refractivity contribution < 1.29 is 14.7 Å². The van der Waals surface area contributed by atoms with Gasteiger partial charge in [0.1, 0.15) is 17.4 Å². The fourth-order valence-corrected chi connectivity index (χ4v) is 4.39. The van der Waals surface area contributed by atoms with Gasteiger partial charge in [0.05, 0.1) is 11.4 Å². The van der Waals surface area contributed by atoms with Crippen molar-refractivity contribution in [2.75, 3.05) is 10.6 Å². The number of aromatic hydroxyl groups is 1. The highest BCUT2D eigenvalue weighted by Gasteiger charge is 2.29. The average molecular weight is 494 g/mol. The van der Waals surface area contributed by atoms with Gasteiger partial charge in [0.25, 0.3) is 5.91 Å². The predicted molar refractivity (Wildman–Crippen MR) is 144 cm³/mol. The highest BCUT2D eigenvalue weighted by Crippen LogP contribution is 2.33.